The first-order chi connectivity index (χ1) is 18.3. The molecule has 4 atom stereocenters. The summed E-state index contributed by atoms with van der Waals surface area (Å²) in [6, 6.07) is 14.8. The van der Waals surface area contributed by atoms with E-state index >= 15 is 0 Å². The highest BCUT2D eigenvalue weighted by atomic mass is 16.2. The maximum atomic E-state index is 13.4. The molecule has 190 valence electrons. The molecule has 0 radical (unpaired) electrons. The van der Waals surface area contributed by atoms with E-state index in [4.69, 9.17) is 5.73 Å². The summed E-state index contributed by atoms with van der Waals surface area (Å²) in [5.41, 5.74) is 11.0. The number of fused-ring (bicyclic) bond motifs is 2. The average molecular weight is 506 g/mol. The standard InChI is InChI=1S/C31H27N3O4/c32-19(9-28(37)33-15-17-13-30(17)22-7-3-1-5-20(22)24(35)11-26(30)33)10-29(38)34-16-18-14-31(18)23-8-4-2-6-21(23)25(36)12-27(31)34/h1-8,11-12,17-19H,9-10,13-16,32H2/t17-,18-,30-,31-/m1/s1. The minimum atomic E-state index is -0.643. The van der Waals surface area contributed by atoms with E-state index in [1.54, 1.807) is 22.0 Å². The molecule has 2 aromatic rings. The van der Waals surface area contributed by atoms with E-state index in [-0.39, 0.29) is 47.1 Å². The number of ketones is 2. The number of benzene rings is 2. The first-order valence-corrected chi connectivity index (χ1v) is 13.4. The number of rotatable bonds is 4. The number of hydrogen-bond acceptors (Lipinski definition) is 5. The predicted molar refractivity (Wildman–Crippen MR) is 138 cm³/mol. The lowest BCUT2D eigenvalue weighted by molar-refractivity contribution is -0.131. The van der Waals surface area contributed by atoms with E-state index in [0.717, 1.165) is 46.5 Å². The molecule has 6 aliphatic rings. The average Bonchev–Trinajstić information content (AvgIpc) is 3.76. The third-order valence-electron chi connectivity index (χ3n) is 9.87. The van der Waals surface area contributed by atoms with Crippen molar-refractivity contribution in [3.63, 3.8) is 0 Å². The maximum Gasteiger partial charge on any atom is 0.228 e. The normalized spacial score (nSPS) is 31.0. The highest BCUT2D eigenvalue weighted by Crippen LogP contribution is 2.67. The molecule has 4 aliphatic carbocycles. The Bertz CT molecular complexity index is 1460. The summed E-state index contributed by atoms with van der Waals surface area (Å²) in [6.07, 6.45) is 5.23. The highest BCUT2D eigenvalue weighted by Gasteiger charge is 2.68. The number of hydrogen-bond donors (Lipinski definition) is 1. The summed E-state index contributed by atoms with van der Waals surface area (Å²) in [6.45, 7) is 1.16. The molecule has 2 heterocycles. The molecule has 0 aromatic heterocycles. The summed E-state index contributed by atoms with van der Waals surface area (Å²) in [7, 11) is 0. The molecular weight excluding hydrogens is 478 g/mol. The molecule has 8 rings (SSSR count). The summed E-state index contributed by atoms with van der Waals surface area (Å²) >= 11 is 0. The van der Waals surface area contributed by atoms with Gasteiger partial charge in [-0.05, 0) is 35.8 Å². The van der Waals surface area contributed by atoms with Crippen molar-refractivity contribution >= 4 is 23.4 Å². The van der Waals surface area contributed by atoms with Crippen molar-refractivity contribution in [3.05, 3.63) is 94.3 Å². The number of nitrogens with two attached hydrogens (primary N) is 1. The van der Waals surface area contributed by atoms with Gasteiger partial charge < -0.3 is 15.5 Å². The summed E-state index contributed by atoms with van der Waals surface area (Å²) in [5.74, 6) is 0.218. The van der Waals surface area contributed by atoms with Crippen molar-refractivity contribution in [2.75, 3.05) is 13.1 Å². The number of amides is 2. The molecule has 0 bridgehead atoms. The Balaban J connectivity index is 0.977. The van der Waals surface area contributed by atoms with Gasteiger partial charge in [-0.1, -0.05) is 48.5 Å². The molecule has 38 heavy (non-hydrogen) atoms. The number of nitrogens with zero attached hydrogens (tertiary/aromatic N) is 2. The molecule has 0 unspecified atom stereocenters. The van der Waals surface area contributed by atoms with Crippen molar-refractivity contribution in [2.45, 2.75) is 42.6 Å². The maximum absolute atomic E-state index is 13.4. The molecule has 4 fully saturated rings. The fraction of sp³-hybridized carbons (Fsp3) is 0.355. The second-order valence-corrected chi connectivity index (χ2v) is 11.8. The van der Waals surface area contributed by atoms with Crippen molar-refractivity contribution in [3.8, 4) is 0 Å². The largest absolute Gasteiger partial charge is 0.327 e. The quantitative estimate of drug-likeness (QED) is 0.689. The van der Waals surface area contributed by atoms with Crippen molar-refractivity contribution in [2.24, 2.45) is 17.6 Å². The highest BCUT2D eigenvalue weighted by molar-refractivity contribution is 6.10. The van der Waals surface area contributed by atoms with Gasteiger partial charge in [0, 0.05) is 77.5 Å². The molecule has 2 saturated heterocycles. The summed E-state index contributed by atoms with van der Waals surface area (Å²) in [4.78, 5) is 55.8. The van der Waals surface area contributed by atoms with Crippen LogP contribution in [0.5, 0.6) is 0 Å². The fourth-order valence-electron chi connectivity index (χ4n) is 7.99. The van der Waals surface area contributed by atoms with Gasteiger partial charge in [0.25, 0.3) is 0 Å². The lowest BCUT2D eigenvalue weighted by Gasteiger charge is -2.31. The van der Waals surface area contributed by atoms with E-state index in [1.165, 1.54) is 0 Å². The van der Waals surface area contributed by atoms with Crippen LogP contribution in [0.3, 0.4) is 0 Å². The Hall–Kier alpha value is -3.84. The molecule has 2 aromatic carbocycles. The zero-order chi connectivity index (χ0) is 26.0. The van der Waals surface area contributed by atoms with Gasteiger partial charge in [-0.3, -0.25) is 19.2 Å². The van der Waals surface area contributed by atoms with Gasteiger partial charge in [-0.25, -0.2) is 0 Å². The van der Waals surface area contributed by atoms with E-state index in [1.807, 2.05) is 48.5 Å². The molecule has 2 spiro atoms. The zero-order valence-electron chi connectivity index (χ0n) is 20.9. The number of likely N-dealkylation sites (tertiary alicyclic amines) is 2. The third-order valence-corrected chi connectivity index (χ3v) is 9.87. The van der Waals surface area contributed by atoms with Crippen molar-refractivity contribution in [1.82, 2.24) is 9.80 Å². The zero-order valence-corrected chi connectivity index (χ0v) is 20.9. The van der Waals surface area contributed by atoms with E-state index in [9.17, 15) is 19.2 Å². The van der Waals surface area contributed by atoms with Gasteiger partial charge in [0.1, 0.15) is 0 Å². The van der Waals surface area contributed by atoms with Gasteiger partial charge >= 0.3 is 0 Å². The molecule has 2 aliphatic heterocycles. The topological polar surface area (TPSA) is 101 Å². The van der Waals surface area contributed by atoms with E-state index in [0.29, 0.717) is 24.9 Å². The lowest BCUT2D eigenvalue weighted by Crippen LogP contribution is -2.40. The Morgan fingerprint density at radius 2 is 1.18 bits per heavy atom. The van der Waals surface area contributed by atoms with Crippen molar-refractivity contribution < 1.29 is 19.2 Å². The van der Waals surface area contributed by atoms with Gasteiger partial charge in [0.2, 0.25) is 11.8 Å². The van der Waals surface area contributed by atoms with Gasteiger partial charge in [0.15, 0.2) is 11.6 Å². The Morgan fingerprint density at radius 1 is 0.763 bits per heavy atom. The number of piperidine rings is 2. The Kier molecular flexibility index (Phi) is 4.18. The second kappa shape index (κ2) is 7.17. The monoisotopic (exact) mass is 505 g/mol. The van der Waals surface area contributed by atoms with Crippen LogP contribution in [0.25, 0.3) is 0 Å². The Morgan fingerprint density at radius 3 is 1.63 bits per heavy atom. The van der Waals surface area contributed by atoms with Crippen LogP contribution in [0, 0.1) is 11.8 Å². The fourth-order valence-corrected chi connectivity index (χ4v) is 7.99. The van der Waals surface area contributed by atoms with Crippen LogP contribution in [-0.2, 0) is 20.4 Å². The number of allylic oxidation sites excluding steroid dienone is 4. The van der Waals surface area contributed by atoms with Crippen LogP contribution in [0.4, 0.5) is 0 Å². The van der Waals surface area contributed by atoms with Crippen LogP contribution in [0.1, 0.15) is 57.5 Å². The van der Waals surface area contributed by atoms with E-state index < -0.39 is 6.04 Å². The first-order valence-electron chi connectivity index (χ1n) is 13.4. The van der Waals surface area contributed by atoms with Gasteiger partial charge in [0.05, 0.1) is 0 Å². The number of carbonyl (C=O) groups excluding carboxylic acids is 4. The number of carbonyl (C=O) groups is 4. The predicted octanol–water partition coefficient (Wildman–Crippen LogP) is 2.85. The summed E-state index contributed by atoms with van der Waals surface area (Å²) in [5, 5.41) is 0. The van der Waals surface area contributed by atoms with Gasteiger partial charge in [-0.15, -0.1) is 0 Å². The van der Waals surface area contributed by atoms with Gasteiger partial charge in [-0.2, -0.15) is 0 Å². The molecule has 7 heteroatoms. The lowest BCUT2D eigenvalue weighted by atomic mass is 9.81. The smallest absolute Gasteiger partial charge is 0.228 e. The molecular formula is C31H27N3O4. The molecule has 2 N–H and O–H groups in total. The van der Waals surface area contributed by atoms with Crippen LogP contribution in [0.15, 0.2) is 72.1 Å². The molecule has 2 saturated carbocycles. The van der Waals surface area contributed by atoms with Crippen LogP contribution < -0.4 is 5.73 Å². The second-order valence-electron chi connectivity index (χ2n) is 11.8. The summed E-state index contributed by atoms with van der Waals surface area (Å²) < 4.78 is 0. The van der Waals surface area contributed by atoms with E-state index in [2.05, 4.69) is 0 Å². The first kappa shape index (κ1) is 22.2. The Labute approximate surface area is 220 Å². The van der Waals surface area contributed by atoms with Crippen LogP contribution in [-0.4, -0.2) is 52.3 Å². The van der Waals surface area contributed by atoms with Crippen LogP contribution in [0.2, 0.25) is 0 Å². The molecule has 2 amide bonds. The minimum absolute atomic E-state index is 0.0327. The SMILES string of the molecule is NC(CC(=O)N1C[C@H]2C[C@@]23C1=CC(=O)c1ccccc13)CC(=O)N1C[C@H]2C[C@@]23C1=CC(=O)c1ccccc13. The third kappa shape index (κ3) is 2.67. The van der Waals surface area contributed by atoms with Crippen molar-refractivity contribution in [1.29, 1.82) is 0 Å². The minimum Gasteiger partial charge on any atom is -0.327 e. The van der Waals surface area contributed by atoms with Crippen LogP contribution >= 0.6 is 0 Å². The molecule has 7 nitrogen and oxygen atoms in total.